The lowest BCUT2D eigenvalue weighted by molar-refractivity contribution is -0.143. The number of hydrogen-bond donors (Lipinski definition) is 0. The highest BCUT2D eigenvalue weighted by molar-refractivity contribution is 5.91. The van der Waals surface area contributed by atoms with E-state index >= 15 is 0 Å². The van der Waals surface area contributed by atoms with Crippen LogP contribution in [0.1, 0.15) is 23.8 Å². The Hall–Kier alpha value is -1.85. The van der Waals surface area contributed by atoms with Gasteiger partial charge in [-0.3, -0.25) is 14.3 Å². The Morgan fingerprint density at radius 3 is 2.76 bits per heavy atom. The van der Waals surface area contributed by atoms with Crippen LogP contribution in [0.5, 0.6) is 0 Å². The first-order chi connectivity index (χ1) is 8.04. The summed E-state index contributed by atoms with van der Waals surface area (Å²) in [6.45, 7) is 2.56. The van der Waals surface area contributed by atoms with Gasteiger partial charge in [0.15, 0.2) is 0 Å². The average molecular weight is 239 g/mol. The number of carbonyl (C=O) groups is 2. The quantitative estimate of drug-likeness (QED) is 0.703. The van der Waals surface area contributed by atoms with E-state index in [0.29, 0.717) is 18.8 Å². The van der Waals surface area contributed by atoms with E-state index in [0.717, 1.165) is 0 Å². The third-order valence-corrected chi connectivity index (χ3v) is 2.12. The highest BCUT2D eigenvalue weighted by Crippen LogP contribution is 2.00. The minimum Gasteiger partial charge on any atom is -0.466 e. The van der Waals surface area contributed by atoms with Crippen molar-refractivity contribution in [3.05, 3.63) is 18.0 Å². The monoisotopic (exact) mass is 239 g/mol. The van der Waals surface area contributed by atoms with E-state index in [4.69, 9.17) is 4.74 Å². The minimum atomic E-state index is -0.261. The molecule has 0 saturated carbocycles. The van der Waals surface area contributed by atoms with Gasteiger partial charge in [0.2, 0.25) is 0 Å². The molecule has 0 N–H and O–H groups in total. The zero-order chi connectivity index (χ0) is 12.8. The van der Waals surface area contributed by atoms with E-state index < -0.39 is 0 Å². The lowest BCUT2D eigenvalue weighted by Gasteiger charge is -2.07. The molecule has 0 radical (unpaired) electrons. The highest BCUT2D eigenvalue weighted by Gasteiger charge is 2.11. The molecular formula is C11H17N3O3. The van der Waals surface area contributed by atoms with Gasteiger partial charge in [-0.2, -0.15) is 5.10 Å². The Balaban J connectivity index is 2.51. The van der Waals surface area contributed by atoms with Crippen molar-refractivity contribution in [1.29, 1.82) is 0 Å². The molecule has 94 valence electrons. The van der Waals surface area contributed by atoms with Crippen molar-refractivity contribution >= 4 is 11.9 Å². The summed E-state index contributed by atoms with van der Waals surface area (Å²) in [6, 6.07) is 1.63. The van der Waals surface area contributed by atoms with Crippen molar-refractivity contribution in [2.75, 3.05) is 20.7 Å². The molecule has 17 heavy (non-hydrogen) atoms. The Labute approximate surface area is 100 Å². The molecule has 6 heteroatoms. The van der Waals surface area contributed by atoms with Crippen molar-refractivity contribution in [3.63, 3.8) is 0 Å². The molecule has 0 spiro atoms. The number of amides is 1. The number of nitrogens with zero attached hydrogens (tertiary/aromatic N) is 3. The van der Waals surface area contributed by atoms with Crippen LogP contribution in [0.25, 0.3) is 0 Å². The summed E-state index contributed by atoms with van der Waals surface area (Å²) in [5, 5.41) is 4.08. The van der Waals surface area contributed by atoms with Gasteiger partial charge >= 0.3 is 5.97 Å². The molecule has 0 bridgehead atoms. The van der Waals surface area contributed by atoms with Gasteiger partial charge in [-0.15, -0.1) is 0 Å². The van der Waals surface area contributed by atoms with Crippen LogP contribution < -0.4 is 0 Å². The predicted octanol–water partition coefficient (Wildman–Crippen LogP) is 0.538. The Bertz CT molecular complexity index is 398. The SMILES string of the molecule is CCOC(=O)CCn1ccc(C(=O)N(C)C)n1. The molecule has 1 rings (SSSR count). The van der Waals surface area contributed by atoms with Gasteiger partial charge in [-0.25, -0.2) is 0 Å². The standard InChI is InChI=1S/C11H17N3O3/c1-4-17-10(15)6-8-14-7-5-9(12-14)11(16)13(2)3/h5,7H,4,6,8H2,1-3H3. The number of esters is 1. The fraction of sp³-hybridized carbons (Fsp3) is 0.545. The summed E-state index contributed by atoms with van der Waals surface area (Å²) in [7, 11) is 3.33. The second-order valence-electron chi connectivity index (χ2n) is 3.72. The summed E-state index contributed by atoms with van der Waals surface area (Å²) >= 11 is 0. The molecule has 0 aliphatic rings. The van der Waals surface area contributed by atoms with Crippen LogP contribution in [-0.4, -0.2) is 47.3 Å². The second kappa shape index (κ2) is 6.03. The maximum Gasteiger partial charge on any atom is 0.307 e. The first kappa shape index (κ1) is 13.2. The van der Waals surface area contributed by atoms with Gasteiger partial charge in [0.05, 0.1) is 19.6 Å². The van der Waals surface area contributed by atoms with Crippen LogP contribution in [0.2, 0.25) is 0 Å². The van der Waals surface area contributed by atoms with Crippen LogP contribution >= 0.6 is 0 Å². The van der Waals surface area contributed by atoms with Crippen LogP contribution in [0, 0.1) is 0 Å². The Kier molecular flexibility index (Phi) is 4.68. The molecule has 0 fully saturated rings. The summed E-state index contributed by atoms with van der Waals surface area (Å²) in [4.78, 5) is 24.1. The van der Waals surface area contributed by atoms with Gasteiger partial charge in [0, 0.05) is 20.3 Å². The molecule has 6 nitrogen and oxygen atoms in total. The third kappa shape index (κ3) is 3.90. The van der Waals surface area contributed by atoms with Gasteiger partial charge in [-0.1, -0.05) is 0 Å². The lowest BCUT2D eigenvalue weighted by atomic mass is 10.4. The van der Waals surface area contributed by atoms with Crippen LogP contribution in [0.3, 0.4) is 0 Å². The first-order valence-electron chi connectivity index (χ1n) is 5.45. The van der Waals surface area contributed by atoms with Crippen molar-refractivity contribution < 1.29 is 14.3 Å². The summed E-state index contributed by atoms with van der Waals surface area (Å²) in [5.74, 6) is -0.414. The largest absolute Gasteiger partial charge is 0.466 e. The molecule has 1 heterocycles. The van der Waals surface area contributed by atoms with Crippen LogP contribution in [0.4, 0.5) is 0 Å². The maximum absolute atomic E-state index is 11.6. The zero-order valence-corrected chi connectivity index (χ0v) is 10.3. The molecule has 1 aromatic rings. The number of rotatable bonds is 5. The van der Waals surface area contributed by atoms with Gasteiger partial charge < -0.3 is 9.64 Å². The van der Waals surface area contributed by atoms with Crippen molar-refractivity contribution in [3.8, 4) is 0 Å². The normalized spacial score (nSPS) is 10.1. The zero-order valence-electron chi connectivity index (χ0n) is 10.3. The van der Waals surface area contributed by atoms with E-state index in [9.17, 15) is 9.59 Å². The van der Waals surface area contributed by atoms with Crippen molar-refractivity contribution in [2.45, 2.75) is 19.9 Å². The minimum absolute atomic E-state index is 0.153. The molecule has 0 unspecified atom stereocenters. The van der Waals surface area contributed by atoms with E-state index in [2.05, 4.69) is 5.10 Å². The van der Waals surface area contributed by atoms with E-state index in [1.807, 2.05) is 0 Å². The van der Waals surface area contributed by atoms with E-state index in [-0.39, 0.29) is 18.3 Å². The van der Waals surface area contributed by atoms with E-state index in [1.54, 1.807) is 38.0 Å². The molecule has 0 atom stereocenters. The molecule has 1 amide bonds. The molecular weight excluding hydrogens is 222 g/mol. The van der Waals surface area contributed by atoms with Crippen LogP contribution in [0.15, 0.2) is 12.3 Å². The molecule has 0 aromatic carbocycles. The van der Waals surface area contributed by atoms with E-state index in [1.165, 1.54) is 4.90 Å². The molecule has 1 aromatic heterocycles. The number of aromatic nitrogens is 2. The first-order valence-corrected chi connectivity index (χ1v) is 5.45. The Morgan fingerprint density at radius 1 is 1.47 bits per heavy atom. The number of aryl methyl sites for hydroxylation is 1. The fourth-order valence-corrected chi connectivity index (χ4v) is 1.27. The van der Waals surface area contributed by atoms with Gasteiger partial charge in [-0.05, 0) is 13.0 Å². The molecule has 0 saturated heterocycles. The third-order valence-electron chi connectivity index (χ3n) is 2.12. The van der Waals surface area contributed by atoms with Crippen molar-refractivity contribution in [1.82, 2.24) is 14.7 Å². The predicted molar refractivity (Wildman–Crippen MR) is 61.5 cm³/mol. The van der Waals surface area contributed by atoms with Crippen molar-refractivity contribution in [2.24, 2.45) is 0 Å². The summed E-state index contributed by atoms with van der Waals surface area (Å²) in [6.07, 6.45) is 1.93. The highest BCUT2D eigenvalue weighted by atomic mass is 16.5. The topological polar surface area (TPSA) is 64.4 Å². The second-order valence-corrected chi connectivity index (χ2v) is 3.72. The smallest absolute Gasteiger partial charge is 0.307 e. The molecule has 0 aliphatic heterocycles. The van der Waals surface area contributed by atoms with Crippen LogP contribution in [-0.2, 0) is 16.1 Å². The summed E-state index contributed by atoms with van der Waals surface area (Å²) in [5.41, 5.74) is 0.374. The number of hydrogen-bond acceptors (Lipinski definition) is 4. The van der Waals surface area contributed by atoms with Gasteiger partial charge in [0.25, 0.3) is 5.91 Å². The Morgan fingerprint density at radius 2 is 2.18 bits per heavy atom. The summed E-state index contributed by atoms with van der Waals surface area (Å²) < 4.78 is 6.36. The lowest BCUT2D eigenvalue weighted by Crippen LogP contribution is -2.22. The maximum atomic E-state index is 11.6. The molecule has 0 aliphatic carbocycles. The average Bonchev–Trinajstić information content (AvgIpc) is 2.74. The fourth-order valence-electron chi connectivity index (χ4n) is 1.27. The number of carbonyl (C=O) groups excluding carboxylic acids is 2. The number of ether oxygens (including phenoxy) is 1. The van der Waals surface area contributed by atoms with Gasteiger partial charge in [0.1, 0.15) is 5.69 Å².